The quantitative estimate of drug-likeness (QED) is 0.0123. The summed E-state index contributed by atoms with van der Waals surface area (Å²) in [5.41, 5.74) is 8.83. The highest BCUT2D eigenvalue weighted by atomic mass is 35.5. The molecule has 2 unspecified atom stereocenters. The molecule has 0 bridgehead atoms. The predicted molar refractivity (Wildman–Crippen MR) is 562 cm³/mol. The predicted octanol–water partition coefficient (Wildman–Crippen LogP) is 35.9. The fourth-order valence-electron chi connectivity index (χ4n) is 22.0. The van der Waals surface area contributed by atoms with Gasteiger partial charge in [-0.15, -0.1) is 45.3 Å². The lowest BCUT2D eigenvalue weighted by atomic mass is 9.93. The van der Waals surface area contributed by atoms with E-state index in [0.717, 1.165) is 289 Å². The summed E-state index contributed by atoms with van der Waals surface area (Å²) < 4.78 is 43.5. The number of hydrogen-bond donors (Lipinski definition) is 0. The van der Waals surface area contributed by atoms with Crippen molar-refractivity contribution in [2.75, 3.05) is 0 Å². The van der Waals surface area contributed by atoms with Crippen LogP contribution in [0.2, 0.25) is 46.6 Å². The van der Waals surface area contributed by atoms with Gasteiger partial charge in [-0.1, -0.05) is 358 Å². The standard InChI is InChI=1S/C110H132Cl2F2N8O2S4Si2/c1-13-23-33-37-39-43-49-71(47-41-35-25-15-3)69-121-95-91(101-97(121)103-105(127-101)107(129(53-27-17-5,54-28-18-6)55-29-19-7)87(125-103)65-81-89(85(67-115)117-11)77-59-73-51-45-46-52-74(73)60-79(77)99(81)123)93-94(120-110(112)109(111)119-93)92-96(95)122(70-72(48-42-36-26-16-4)50-44-40-38-34-24-14-2)98-102(92)128-106-104(98)126-88(108(106)130(56-30-20-8,57-31-21-9)58-32-22-10)66-82-90(86(68-116)118-12)78-61-75-63-83(113)84(114)64-76(75)62-80(78)100(82)124/h45-46,51-52,59-66,71-72H,13-44,47-50,53-58,69-70H2,1-10H3/b81-65-,82-66-,89-85-,90-86+. The van der Waals surface area contributed by atoms with E-state index < -0.39 is 27.8 Å². The maximum Gasteiger partial charge on any atom is 0.270 e. The van der Waals surface area contributed by atoms with Gasteiger partial charge in [0.1, 0.15) is 11.0 Å². The number of aromatic nitrogens is 4. The highest BCUT2D eigenvalue weighted by molar-refractivity contribution is 7.37. The van der Waals surface area contributed by atoms with Crippen LogP contribution in [0.15, 0.2) is 83.2 Å². The molecule has 0 amide bonds. The number of halogens is 4. The molecule has 2 aliphatic rings. The summed E-state index contributed by atoms with van der Waals surface area (Å²) in [4.78, 5) is 53.3. The zero-order chi connectivity index (χ0) is 91.9. The Morgan fingerprint density at radius 3 is 1.05 bits per heavy atom. The average Bonchev–Trinajstić information content (AvgIpc) is 1.50. The van der Waals surface area contributed by atoms with Gasteiger partial charge in [0.05, 0.1) is 82.3 Å². The Morgan fingerprint density at radius 2 is 0.723 bits per heavy atom. The SMILES string of the molecule is [C-]#[N+]/C(C#N)=C1\C(=C\c2sc3c(sc4c5c6nc(Cl)c(Cl)nc6c6c7sc8c([Si](CCCC)(CCCC)CCCC)c(/C=C9\C(=O)c%10cc%11cc(F)c(F)cc%11cc%10\C9=C(\C#N)[N+]#[C-])sc8c7n(CC(CCCCCC)CCCCCCCC)c6c5n(CC(CCCCCC)CCCCCCCC)c34)c2[Si](CCCC)(CCCC)CCCC)C(=O)c2cc3ccccc3cc21. The zero-order valence-corrected chi connectivity index (χ0v) is 85.5. The maximum atomic E-state index is 16.0. The number of carbonyl (C=O) groups excluding carboxylic acids is 2. The molecule has 0 saturated carbocycles. The van der Waals surface area contributed by atoms with Crippen molar-refractivity contribution in [1.29, 1.82) is 10.5 Å². The molecule has 12 aromatic rings. The van der Waals surface area contributed by atoms with Crippen molar-refractivity contribution in [1.82, 2.24) is 19.1 Å². The van der Waals surface area contributed by atoms with Gasteiger partial charge in [-0.25, -0.2) is 39.0 Å². The van der Waals surface area contributed by atoms with Crippen molar-refractivity contribution < 1.29 is 18.4 Å². The van der Waals surface area contributed by atoms with Crippen LogP contribution in [-0.4, -0.2) is 46.8 Å². The zero-order valence-electron chi connectivity index (χ0n) is 78.7. The maximum absolute atomic E-state index is 16.0. The highest BCUT2D eigenvalue weighted by Crippen LogP contribution is 2.57. The second-order valence-electron chi connectivity index (χ2n) is 37.9. The summed E-state index contributed by atoms with van der Waals surface area (Å²) in [6, 6.07) is 28.6. The Labute approximate surface area is 798 Å². The molecule has 7 aromatic heterocycles. The monoisotopic (exact) mass is 1890 g/mol. The van der Waals surface area contributed by atoms with Crippen molar-refractivity contribution in [2.24, 2.45) is 11.8 Å². The lowest BCUT2D eigenvalue weighted by molar-refractivity contribution is 0.103. The van der Waals surface area contributed by atoms with Gasteiger partial charge in [-0.2, -0.15) is 0 Å². The molecule has 0 aliphatic heterocycles. The summed E-state index contributed by atoms with van der Waals surface area (Å²) in [5.74, 6) is -1.99. The molecule has 0 spiro atoms. The minimum atomic E-state index is -2.69. The van der Waals surface area contributed by atoms with Crippen molar-refractivity contribution in [2.45, 2.75) is 350 Å². The Hall–Kier alpha value is -7.99. The molecule has 10 nitrogen and oxygen atoms in total. The summed E-state index contributed by atoms with van der Waals surface area (Å²) in [6.45, 7) is 41.9. The molecule has 2 aliphatic carbocycles. The summed E-state index contributed by atoms with van der Waals surface area (Å²) in [5, 5.41) is 30.0. The number of rotatable bonds is 50. The Balaban J connectivity index is 1.19. The van der Waals surface area contributed by atoms with Crippen LogP contribution in [0.5, 0.6) is 0 Å². The molecular formula is C110H132Cl2F2N8O2S4Si2. The molecule has 684 valence electrons. The van der Waals surface area contributed by atoms with Crippen LogP contribution in [0.4, 0.5) is 8.78 Å². The Morgan fingerprint density at radius 1 is 0.415 bits per heavy atom. The highest BCUT2D eigenvalue weighted by Gasteiger charge is 2.45. The number of allylic oxidation sites excluding steroid dienone is 6. The van der Waals surface area contributed by atoms with Crippen LogP contribution in [-0.2, 0) is 13.1 Å². The number of unbranched alkanes of at least 4 members (excludes halogenated alkanes) is 22. The number of ketones is 2. The van der Waals surface area contributed by atoms with Crippen molar-refractivity contribution in [3.8, 4) is 12.1 Å². The fraction of sp³-hybridized carbons (Fsp3) is 0.509. The van der Waals surface area contributed by atoms with Crippen molar-refractivity contribution >= 4 is 224 Å². The molecule has 14 rings (SSSR count). The molecule has 0 saturated heterocycles. The second kappa shape index (κ2) is 45.4. The molecule has 0 radical (unpaired) electrons. The van der Waals surface area contributed by atoms with Crippen LogP contribution in [0.25, 0.3) is 127 Å². The number of nitriles is 2. The van der Waals surface area contributed by atoms with E-state index in [1.54, 1.807) is 23.5 Å². The first-order valence-corrected chi connectivity index (χ1v) is 59.2. The first-order chi connectivity index (χ1) is 63.4. The van der Waals surface area contributed by atoms with Gasteiger partial charge in [-0.05, 0) is 129 Å². The topological polar surface area (TPSA) is 126 Å². The van der Waals surface area contributed by atoms with Crippen molar-refractivity contribution in [3.63, 3.8) is 0 Å². The smallest absolute Gasteiger partial charge is 0.270 e. The molecule has 0 N–H and O–H groups in total. The minimum Gasteiger partial charge on any atom is -0.337 e. The van der Waals surface area contributed by atoms with Crippen LogP contribution < -0.4 is 10.4 Å². The van der Waals surface area contributed by atoms with E-state index in [-0.39, 0.29) is 61.8 Å². The third-order valence-corrected chi connectivity index (χ3v) is 46.2. The average molecular weight is 1890 g/mol. The summed E-state index contributed by atoms with van der Waals surface area (Å²) >= 11 is 22.7. The molecule has 5 aromatic carbocycles. The van der Waals surface area contributed by atoms with Gasteiger partial charge in [0.2, 0.25) is 0 Å². The van der Waals surface area contributed by atoms with Gasteiger partial charge in [0.25, 0.3) is 11.4 Å². The first kappa shape index (κ1) is 98.0. The van der Waals surface area contributed by atoms with Gasteiger partial charge in [0.15, 0.2) is 33.5 Å². The van der Waals surface area contributed by atoms with Gasteiger partial charge in [-0.3, -0.25) is 9.59 Å². The fourth-order valence-corrected chi connectivity index (χ4v) is 42.6. The van der Waals surface area contributed by atoms with Crippen molar-refractivity contribution in [3.05, 3.63) is 160 Å². The lowest BCUT2D eigenvalue weighted by Crippen LogP contribution is -2.48. The van der Waals surface area contributed by atoms with E-state index in [1.165, 1.54) is 107 Å². The van der Waals surface area contributed by atoms with E-state index >= 15 is 18.4 Å². The van der Waals surface area contributed by atoms with E-state index in [9.17, 15) is 10.5 Å². The number of carbonyl (C=O) groups is 2. The van der Waals surface area contributed by atoms with Crippen LogP contribution in [0.1, 0.15) is 342 Å². The molecule has 20 heteroatoms. The van der Waals surface area contributed by atoms with E-state index in [2.05, 4.69) is 112 Å². The lowest BCUT2D eigenvalue weighted by Gasteiger charge is -2.33. The third-order valence-electron chi connectivity index (χ3n) is 28.8. The summed E-state index contributed by atoms with van der Waals surface area (Å²) in [6.07, 6.45) is 44.4. The number of benzene rings is 5. The van der Waals surface area contributed by atoms with Gasteiger partial charge < -0.3 is 9.13 Å². The molecule has 2 atom stereocenters. The number of nitrogens with zero attached hydrogens (tertiary/aromatic N) is 8. The number of thiophene rings is 4. The number of Topliss-reactive ketones (excluding diaryl/α,β-unsaturated/α-hetero) is 2. The summed E-state index contributed by atoms with van der Waals surface area (Å²) in [7, 11) is -5.32. The normalized spacial score (nSPS) is 15.1. The Bertz CT molecular complexity index is 6330. The molecule has 0 fully saturated rings. The van der Waals surface area contributed by atoms with Crippen LogP contribution >= 0.6 is 68.5 Å². The second-order valence-corrected chi connectivity index (χ2v) is 51.9. The van der Waals surface area contributed by atoms with Gasteiger partial charge in [0, 0.05) is 76.4 Å². The number of hydrogen-bond acceptors (Lipinski definition) is 10. The van der Waals surface area contributed by atoms with E-state index in [1.807, 2.05) is 70.4 Å². The number of fused-ring (bicyclic) bond motifs is 18. The molecule has 130 heavy (non-hydrogen) atoms. The van der Waals surface area contributed by atoms with Gasteiger partial charge >= 0.3 is 0 Å². The third kappa shape index (κ3) is 19.8. The Kier molecular flexibility index (Phi) is 34.2. The van der Waals surface area contributed by atoms with Crippen LogP contribution in [0, 0.1) is 59.3 Å². The minimum absolute atomic E-state index is 0.0814. The van der Waals surface area contributed by atoms with E-state index in [0.29, 0.717) is 38.6 Å². The molecular weight excluding hydrogens is 1760 g/mol. The van der Waals surface area contributed by atoms with E-state index in [4.69, 9.17) is 46.3 Å². The largest absolute Gasteiger partial charge is 0.337 e. The molecule has 7 heterocycles. The van der Waals surface area contributed by atoms with Crippen LogP contribution in [0.3, 0.4) is 0 Å². The first-order valence-electron chi connectivity index (χ1n) is 49.9.